The van der Waals surface area contributed by atoms with Crippen LogP contribution in [0.15, 0.2) is 58.4 Å². The number of H-pyrrole nitrogens is 1. The van der Waals surface area contributed by atoms with Crippen LogP contribution in [0.1, 0.15) is 17.0 Å². The molecule has 0 aliphatic carbocycles. The van der Waals surface area contributed by atoms with Crippen molar-refractivity contribution in [1.29, 1.82) is 0 Å². The summed E-state index contributed by atoms with van der Waals surface area (Å²) < 4.78 is 12.4. The highest BCUT2D eigenvalue weighted by Gasteiger charge is 2.17. The molecule has 0 radical (unpaired) electrons. The third-order valence-corrected chi connectivity index (χ3v) is 4.94. The molecule has 0 atom stereocenters. The predicted molar refractivity (Wildman–Crippen MR) is 115 cm³/mol. The number of nitrogens with zero attached hydrogens (tertiary/aromatic N) is 3. The van der Waals surface area contributed by atoms with Crippen LogP contribution in [0.4, 0.5) is 5.69 Å². The van der Waals surface area contributed by atoms with Crippen LogP contribution in [0.3, 0.4) is 0 Å². The Kier molecular flexibility index (Phi) is 4.24. The summed E-state index contributed by atoms with van der Waals surface area (Å²) in [6.45, 7) is 3.95. The molecular weight excluding hydrogens is 382 g/mol. The molecule has 8 heteroatoms. The maximum atomic E-state index is 12.8. The van der Waals surface area contributed by atoms with Gasteiger partial charge < -0.3 is 9.47 Å². The van der Waals surface area contributed by atoms with Gasteiger partial charge >= 0.3 is 0 Å². The number of fused-ring (bicyclic) bond motifs is 2. The van der Waals surface area contributed by atoms with Gasteiger partial charge in [-0.2, -0.15) is 5.10 Å². The van der Waals surface area contributed by atoms with Crippen molar-refractivity contribution in [3.05, 3.63) is 75.8 Å². The number of hydrazone groups is 1. The summed E-state index contributed by atoms with van der Waals surface area (Å²) in [5.41, 5.74) is 7.25. The standard InChI is InChI=1S/C22H19N5O3/c1-13-8-19(16-9-20-21(30-12-29-20)10-18(16)24-13)25-23-11-17-14(2)26-27(22(17)28)15-6-4-3-5-7-15/h3-11,26H,12H2,1-2H3,(H,24,25)/b23-11+. The lowest BCUT2D eigenvalue weighted by Gasteiger charge is -2.08. The molecule has 30 heavy (non-hydrogen) atoms. The van der Waals surface area contributed by atoms with Crippen LogP contribution in [-0.2, 0) is 0 Å². The van der Waals surface area contributed by atoms with Crippen LogP contribution in [-0.4, -0.2) is 27.8 Å². The summed E-state index contributed by atoms with van der Waals surface area (Å²) in [7, 11) is 0. The minimum absolute atomic E-state index is 0.164. The van der Waals surface area contributed by atoms with E-state index < -0.39 is 0 Å². The molecule has 0 unspecified atom stereocenters. The average Bonchev–Trinajstić information content (AvgIpc) is 3.31. The quantitative estimate of drug-likeness (QED) is 0.403. The number of para-hydroxylation sites is 1. The zero-order valence-electron chi connectivity index (χ0n) is 16.5. The SMILES string of the molecule is Cc1cc(N/N=C/c2c(C)[nH]n(-c3ccccc3)c2=O)c2cc3c(cc2n1)OCO3. The summed E-state index contributed by atoms with van der Waals surface area (Å²) in [4.78, 5) is 17.4. The Bertz CT molecular complexity index is 1340. The molecule has 150 valence electrons. The Morgan fingerprint density at radius 3 is 2.70 bits per heavy atom. The number of aryl methyl sites for hydroxylation is 2. The first-order valence-corrected chi connectivity index (χ1v) is 9.47. The number of nitrogens with one attached hydrogen (secondary N) is 2. The normalized spacial score (nSPS) is 12.7. The highest BCUT2D eigenvalue weighted by Crippen LogP contribution is 2.38. The van der Waals surface area contributed by atoms with Crippen molar-refractivity contribution >= 4 is 22.8 Å². The molecule has 5 rings (SSSR count). The molecule has 1 aliphatic heterocycles. The van der Waals surface area contributed by atoms with Crippen molar-refractivity contribution in [3.63, 3.8) is 0 Å². The molecule has 8 nitrogen and oxygen atoms in total. The Hall–Kier alpha value is -4.07. The highest BCUT2D eigenvalue weighted by molar-refractivity contribution is 5.94. The summed E-state index contributed by atoms with van der Waals surface area (Å²) in [5.74, 6) is 1.35. The van der Waals surface area contributed by atoms with Crippen molar-refractivity contribution < 1.29 is 9.47 Å². The van der Waals surface area contributed by atoms with Crippen molar-refractivity contribution in [2.75, 3.05) is 12.2 Å². The first-order chi connectivity index (χ1) is 14.6. The van der Waals surface area contributed by atoms with Crippen LogP contribution in [0.2, 0.25) is 0 Å². The molecule has 0 fully saturated rings. The van der Waals surface area contributed by atoms with Crippen molar-refractivity contribution in [2.45, 2.75) is 13.8 Å². The van der Waals surface area contributed by atoms with E-state index in [2.05, 4.69) is 20.6 Å². The Labute approximate surface area is 171 Å². The number of aromatic amines is 1. The molecule has 0 saturated carbocycles. The molecule has 2 aromatic heterocycles. The summed E-state index contributed by atoms with van der Waals surface area (Å²) >= 11 is 0. The van der Waals surface area contributed by atoms with Crippen molar-refractivity contribution in [2.24, 2.45) is 5.10 Å². The molecule has 0 bridgehead atoms. The van der Waals surface area contributed by atoms with Gasteiger partial charge in [-0.1, -0.05) is 18.2 Å². The maximum Gasteiger partial charge on any atom is 0.280 e. The van der Waals surface area contributed by atoms with Gasteiger partial charge in [0, 0.05) is 22.8 Å². The molecule has 0 saturated heterocycles. The van der Waals surface area contributed by atoms with Gasteiger partial charge in [-0.05, 0) is 38.1 Å². The smallest absolute Gasteiger partial charge is 0.280 e. The Morgan fingerprint density at radius 1 is 1.13 bits per heavy atom. The van der Waals surface area contributed by atoms with E-state index in [0.717, 1.165) is 33.7 Å². The van der Waals surface area contributed by atoms with Gasteiger partial charge in [0.1, 0.15) is 0 Å². The number of aromatic nitrogens is 3. The third-order valence-electron chi connectivity index (χ3n) is 4.94. The van der Waals surface area contributed by atoms with Crippen LogP contribution < -0.4 is 20.5 Å². The lowest BCUT2D eigenvalue weighted by Crippen LogP contribution is -2.17. The van der Waals surface area contributed by atoms with Crippen LogP contribution >= 0.6 is 0 Å². The zero-order valence-corrected chi connectivity index (χ0v) is 16.5. The van der Waals surface area contributed by atoms with E-state index in [1.165, 1.54) is 10.9 Å². The second kappa shape index (κ2) is 7.07. The minimum Gasteiger partial charge on any atom is -0.454 e. The maximum absolute atomic E-state index is 12.8. The monoisotopic (exact) mass is 401 g/mol. The van der Waals surface area contributed by atoms with Crippen LogP contribution in [0.25, 0.3) is 16.6 Å². The average molecular weight is 401 g/mol. The Morgan fingerprint density at radius 2 is 1.90 bits per heavy atom. The number of rotatable bonds is 4. The summed E-state index contributed by atoms with van der Waals surface area (Å²) in [6.07, 6.45) is 1.53. The van der Waals surface area contributed by atoms with Crippen LogP contribution in [0, 0.1) is 13.8 Å². The molecule has 3 heterocycles. The third kappa shape index (κ3) is 3.08. The van der Waals surface area contributed by atoms with Gasteiger partial charge in [0.05, 0.1) is 28.7 Å². The number of pyridine rings is 1. The second-order valence-corrected chi connectivity index (χ2v) is 7.03. The zero-order chi connectivity index (χ0) is 20.7. The number of ether oxygens (including phenoxy) is 2. The topological polar surface area (TPSA) is 93.5 Å². The lowest BCUT2D eigenvalue weighted by molar-refractivity contribution is 0.174. The number of anilines is 1. The van der Waals surface area contributed by atoms with Crippen molar-refractivity contribution in [1.82, 2.24) is 14.8 Å². The molecule has 1 aliphatic rings. The van der Waals surface area contributed by atoms with E-state index in [9.17, 15) is 4.79 Å². The van der Waals surface area contributed by atoms with E-state index >= 15 is 0 Å². The van der Waals surface area contributed by atoms with Gasteiger partial charge in [0.25, 0.3) is 5.56 Å². The second-order valence-electron chi connectivity index (χ2n) is 7.03. The largest absolute Gasteiger partial charge is 0.454 e. The van der Waals surface area contributed by atoms with Crippen LogP contribution in [0.5, 0.6) is 11.5 Å². The first kappa shape index (κ1) is 18.0. The Balaban J connectivity index is 1.48. The fourth-order valence-electron chi connectivity index (χ4n) is 3.48. The number of benzene rings is 2. The number of hydrogen-bond donors (Lipinski definition) is 2. The van der Waals surface area contributed by atoms with E-state index in [4.69, 9.17) is 9.47 Å². The van der Waals surface area contributed by atoms with E-state index in [1.54, 1.807) is 0 Å². The lowest BCUT2D eigenvalue weighted by atomic mass is 10.1. The van der Waals surface area contributed by atoms with E-state index in [-0.39, 0.29) is 12.4 Å². The number of hydrogen-bond acceptors (Lipinski definition) is 6. The minimum atomic E-state index is -0.164. The van der Waals surface area contributed by atoms with Gasteiger partial charge in [0.15, 0.2) is 11.5 Å². The molecule has 4 aromatic rings. The van der Waals surface area contributed by atoms with Gasteiger partial charge in [-0.15, -0.1) is 0 Å². The molecule has 0 amide bonds. The molecule has 2 N–H and O–H groups in total. The first-order valence-electron chi connectivity index (χ1n) is 9.47. The van der Waals surface area contributed by atoms with Crippen molar-refractivity contribution in [3.8, 4) is 17.2 Å². The fraction of sp³-hybridized carbons (Fsp3) is 0.136. The molecular formula is C22H19N5O3. The molecule has 2 aromatic carbocycles. The highest BCUT2D eigenvalue weighted by atomic mass is 16.7. The molecule has 0 spiro atoms. The van der Waals surface area contributed by atoms with Gasteiger partial charge in [-0.25, -0.2) is 4.68 Å². The summed E-state index contributed by atoms with van der Waals surface area (Å²) in [5, 5.41) is 8.26. The fourth-order valence-corrected chi connectivity index (χ4v) is 3.48. The van der Waals surface area contributed by atoms with E-state index in [1.807, 2.05) is 62.4 Å². The predicted octanol–water partition coefficient (Wildman–Crippen LogP) is 3.51. The van der Waals surface area contributed by atoms with Gasteiger partial charge in [-0.3, -0.25) is 20.3 Å². The van der Waals surface area contributed by atoms with Gasteiger partial charge in [0.2, 0.25) is 6.79 Å². The summed E-state index contributed by atoms with van der Waals surface area (Å²) in [6, 6.07) is 15.0. The van der Waals surface area contributed by atoms with E-state index in [0.29, 0.717) is 17.1 Å².